The van der Waals surface area contributed by atoms with Gasteiger partial charge in [-0.2, -0.15) is 10.2 Å². The van der Waals surface area contributed by atoms with Crippen molar-refractivity contribution in [2.75, 3.05) is 49.6 Å². The third-order valence-corrected chi connectivity index (χ3v) is 6.35. The summed E-state index contributed by atoms with van der Waals surface area (Å²) in [5, 5.41) is 10.6. The average Bonchev–Trinajstić information content (AvgIpc) is 3.47. The molecular formula is C23H27N5O4. The lowest BCUT2D eigenvalue weighted by atomic mass is 9.98. The van der Waals surface area contributed by atoms with Gasteiger partial charge in [0.1, 0.15) is 11.9 Å². The van der Waals surface area contributed by atoms with Crippen molar-refractivity contribution in [3.8, 4) is 5.75 Å². The minimum absolute atomic E-state index is 0.000703. The van der Waals surface area contributed by atoms with E-state index in [0.29, 0.717) is 32.8 Å². The summed E-state index contributed by atoms with van der Waals surface area (Å²) >= 11 is 0. The van der Waals surface area contributed by atoms with E-state index in [1.807, 2.05) is 35.2 Å². The molecule has 9 nitrogen and oxygen atoms in total. The summed E-state index contributed by atoms with van der Waals surface area (Å²) in [4.78, 5) is 29.0. The number of aromatic nitrogens is 2. The van der Waals surface area contributed by atoms with E-state index in [-0.39, 0.29) is 29.8 Å². The maximum Gasteiger partial charge on any atom is 0.231 e. The number of carbonyl (C=O) groups is 2. The third kappa shape index (κ3) is 4.52. The van der Waals surface area contributed by atoms with Gasteiger partial charge in [0.2, 0.25) is 11.8 Å². The van der Waals surface area contributed by atoms with Crippen molar-refractivity contribution >= 4 is 23.2 Å². The molecule has 32 heavy (non-hydrogen) atoms. The second kappa shape index (κ2) is 9.12. The van der Waals surface area contributed by atoms with Gasteiger partial charge < -0.3 is 24.6 Å². The van der Waals surface area contributed by atoms with Crippen molar-refractivity contribution in [1.29, 1.82) is 0 Å². The Labute approximate surface area is 186 Å². The van der Waals surface area contributed by atoms with Gasteiger partial charge in [0.15, 0.2) is 0 Å². The summed E-state index contributed by atoms with van der Waals surface area (Å²) in [6, 6.07) is 9.32. The number of amides is 2. The van der Waals surface area contributed by atoms with Gasteiger partial charge in [0.25, 0.3) is 0 Å². The van der Waals surface area contributed by atoms with Gasteiger partial charge in [-0.1, -0.05) is 0 Å². The van der Waals surface area contributed by atoms with Crippen LogP contribution in [0, 0.1) is 11.8 Å². The van der Waals surface area contributed by atoms with Crippen LogP contribution in [-0.2, 0) is 14.3 Å². The van der Waals surface area contributed by atoms with Crippen LogP contribution in [0.15, 0.2) is 42.7 Å². The van der Waals surface area contributed by atoms with Crippen molar-refractivity contribution in [2.24, 2.45) is 11.8 Å². The van der Waals surface area contributed by atoms with Crippen molar-refractivity contribution < 1.29 is 19.1 Å². The topological polar surface area (TPSA) is 96.9 Å². The first-order valence-electron chi connectivity index (χ1n) is 11.1. The number of rotatable bonds is 6. The zero-order valence-electron chi connectivity index (χ0n) is 17.9. The normalized spacial score (nSPS) is 23.1. The highest BCUT2D eigenvalue weighted by molar-refractivity contribution is 5.94. The molecule has 1 aromatic carbocycles. The van der Waals surface area contributed by atoms with E-state index in [4.69, 9.17) is 9.47 Å². The fourth-order valence-electron chi connectivity index (χ4n) is 4.39. The number of hydrogen-bond acceptors (Lipinski definition) is 7. The fourth-order valence-corrected chi connectivity index (χ4v) is 4.39. The molecule has 168 valence electrons. The van der Waals surface area contributed by atoms with Crippen LogP contribution < -0.4 is 15.0 Å². The summed E-state index contributed by atoms with van der Waals surface area (Å²) in [5.74, 6) is 0.887. The van der Waals surface area contributed by atoms with Crippen molar-refractivity contribution in [3.63, 3.8) is 0 Å². The van der Waals surface area contributed by atoms with Crippen molar-refractivity contribution in [3.05, 3.63) is 42.7 Å². The van der Waals surface area contributed by atoms with Crippen molar-refractivity contribution in [1.82, 2.24) is 15.1 Å². The summed E-state index contributed by atoms with van der Waals surface area (Å²) < 4.78 is 11.4. The van der Waals surface area contributed by atoms with Gasteiger partial charge in [-0.15, -0.1) is 0 Å². The molecule has 3 saturated heterocycles. The maximum absolute atomic E-state index is 12.5. The Morgan fingerprint density at radius 2 is 1.88 bits per heavy atom. The molecule has 0 aliphatic carbocycles. The standard InChI is InChI=1S/C23H27N5O4/c29-22(17-12-28(13-17)19-5-8-24-25-11-19)26-18-1-3-20(4-2-18)32-21-6-9-27(14-21)23(30)16-7-10-31-15-16/h1-5,8,11,16-17,21H,6-7,9-10,12-15H2,(H,26,29)/t16?,21-/m1/s1. The summed E-state index contributed by atoms with van der Waals surface area (Å²) in [6.45, 7) is 3.88. The van der Waals surface area contributed by atoms with Crippen LogP contribution in [-0.4, -0.2) is 72.4 Å². The highest BCUT2D eigenvalue weighted by Crippen LogP contribution is 2.26. The molecule has 0 radical (unpaired) electrons. The van der Waals surface area contributed by atoms with E-state index in [1.165, 1.54) is 0 Å². The van der Waals surface area contributed by atoms with Gasteiger partial charge >= 0.3 is 0 Å². The molecule has 0 spiro atoms. The molecule has 1 unspecified atom stereocenters. The Morgan fingerprint density at radius 3 is 2.59 bits per heavy atom. The zero-order valence-corrected chi connectivity index (χ0v) is 17.9. The first-order chi connectivity index (χ1) is 15.7. The number of carbonyl (C=O) groups excluding carboxylic acids is 2. The number of likely N-dealkylation sites (tertiary alicyclic amines) is 1. The minimum Gasteiger partial charge on any atom is -0.489 e. The Hall–Kier alpha value is -3.20. The van der Waals surface area contributed by atoms with Crippen LogP contribution in [0.25, 0.3) is 0 Å². The lowest BCUT2D eigenvalue weighted by Gasteiger charge is -2.39. The highest BCUT2D eigenvalue weighted by Gasteiger charge is 2.34. The number of nitrogens with one attached hydrogen (secondary N) is 1. The van der Waals surface area contributed by atoms with Crippen LogP contribution in [0.1, 0.15) is 12.8 Å². The number of benzene rings is 1. The molecule has 5 rings (SSSR count). The predicted molar refractivity (Wildman–Crippen MR) is 117 cm³/mol. The maximum atomic E-state index is 12.5. The molecular weight excluding hydrogens is 410 g/mol. The summed E-state index contributed by atoms with van der Waals surface area (Å²) in [7, 11) is 0. The molecule has 3 aliphatic rings. The largest absolute Gasteiger partial charge is 0.489 e. The van der Waals surface area contributed by atoms with E-state index in [2.05, 4.69) is 20.4 Å². The monoisotopic (exact) mass is 437 g/mol. The van der Waals surface area contributed by atoms with Gasteiger partial charge in [-0.25, -0.2) is 0 Å². The average molecular weight is 438 g/mol. The van der Waals surface area contributed by atoms with E-state index >= 15 is 0 Å². The van der Waals surface area contributed by atoms with E-state index in [1.54, 1.807) is 12.4 Å². The lowest BCUT2D eigenvalue weighted by molar-refractivity contribution is -0.134. The summed E-state index contributed by atoms with van der Waals surface area (Å²) in [6.07, 6.45) is 4.98. The number of ether oxygens (including phenoxy) is 2. The Bertz CT molecular complexity index is 943. The third-order valence-electron chi connectivity index (χ3n) is 6.35. The molecule has 1 N–H and O–H groups in total. The van der Waals surface area contributed by atoms with Crippen molar-refractivity contribution in [2.45, 2.75) is 18.9 Å². The second-order valence-electron chi connectivity index (χ2n) is 8.59. The molecule has 0 bridgehead atoms. The van der Waals surface area contributed by atoms with Crippen LogP contribution in [0.4, 0.5) is 11.4 Å². The van der Waals surface area contributed by atoms with Gasteiger partial charge in [0, 0.05) is 38.3 Å². The predicted octanol–water partition coefficient (Wildman–Crippen LogP) is 1.57. The Kier molecular flexibility index (Phi) is 5.89. The Balaban J connectivity index is 1.07. The van der Waals surface area contributed by atoms with Gasteiger partial charge in [0.05, 0.1) is 43.1 Å². The molecule has 2 amide bonds. The van der Waals surface area contributed by atoms with Crippen LogP contribution in [0.2, 0.25) is 0 Å². The first-order valence-corrected chi connectivity index (χ1v) is 11.1. The second-order valence-corrected chi connectivity index (χ2v) is 8.59. The molecule has 2 aromatic rings. The van der Waals surface area contributed by atoms with E-state index < -0.39 is 0 Å². The first kappa shape index (κ1) is 20.7. The van der Waals surface area contributed by atoms with Gasteiger partial charge in [-0.05, 0) is 36.8 Å². The molecule has 3 aliphatic heterocycles. The van der Waals surface area contributed by atoms with E-state index in [9.17, 15) is 9.59 Å². The van der Waals surface area contributed by atoms with Crippen LogP contribution in [0.5, 0.6) is 5.75 Å². The molecule has 4 heterocycles. The van der Waals surface area contributed by atoms with Crippen LogP contribution in [0.3, 0.4) is 0 Å². The highest BCUT2D eigenvalue weighted by atomic mass is 16.5. The minimum atomic E-state index is -0.0497. The molecule has 0 saturated carbocycles. The van der Waals surface area contributed by atoms with E-state index in [0.717, 1.165) is 36.5 Å². The summed E-state index contributed by atoms with van der Waals surface area (Å²) in [5.41, 5.74) is 1.73. The lowest BCUT2D eigenvalue weighted by Crippen LogP contribution is -2.52. The molecule has 2 atom stereocenters. The smallest absolute Gasteiger partial charge is 0.231 e. The zero-order chi connectivity index (χ0) is 21.9. The van der Waals surface area contributed by atoms with Crippen LogP contribution >= 0.6 is 0 Å². The molecule has 1 aromatic heterocycles. The van der Waals surface area contributed by atoms with Gasteiger partial charge in [-0.3, -0.25) is 9.59 Å². The number of hydrogen-bond donors (Lipinski definition) is 1. The fraction of sp³-hybridized carbons (Fsp3) is 0.478. The quantitative estimate of drug-likeness (QED) is 0.733. The molecule has 9 heteroatoms. The molecule has 3 fully saturated rings. The SMILES string of the molecule is O=C(Nc1ccc(O[C@@H]2CCN(C(=O)C3CCOC3)C2)cc1)C1CN(c2ccnnc2)C1. The number of anilines is 2. The number of nitrogens with zero attached hydrogens (tertiary/aromatic N) is 4. The Morgan fingerprint density at radius 1 is 1.03 bits per heavy atom.